The van der Waals surface area contributed by atoms with E-state index >= 15 is 0 Å². The summed E-state index contributed by atoms with van der Waals surface area (Å²) in [5.74, 6) is 1.38. The Balaban J connectivity index is 1.89. The van der Waals surface area contributed by atoms with Crippen molar-refractivity contribution in [2.24, 2.45) is 0 Å². The van der Waals surface area contributed by atoms with Crippen LogP contribution in [0, 0.1) is 13.8 Å². The van der Waals surface area contributed by atoms with Crippen LogP contribution < -0.4 is 5.32 Å². The van der Waals surface area contributed by atoms with Crippen LogP contribution in [0.3, 0.4) is 0 Å². The van der Waals surface area contributed by atoms with Gasteiger partial charge in [-0.2, -0.15) is 0 Å². The van der Waals surface area contributed by atoms with Crippen LogP contribution in [0.1, 0.15) is 11.1 Å². The summed E-state index contributed by atoms with van der Waals surface area (Å²) < 4.78 is 0. The van der Waals surface area contributed by atoms with E-state index in [-0.39, 0.29) is 5.75 Å². The van der Waals surface area contributed by atoms with E-state index in [1.165, 1.54) is 5.56 Å². The Morgan fingerprint density at radius 3 is 2.42 bits per heavy atom. The minimum Gasteiger partial charge on any atom is -0.507 e. The highest BCUT2D eigenvalue weighted by Gasteiger charge is 2.12. The molecule has 0 unspecified atom stereocenters. The lowest BCUT2D eigenvalue weighted by Crippen LogP contribution is -2.00. The molecule has 1 aromatic heterocycles. The van der Waals surface area contributed by atoms with Crippen LogP contribution in [0.25, 0.3) is 22.3 Å². The van der Waals surface area contributed by atoms with Crippen LogP contribution in [-0.4, -0.2) is 15.1 Å². The van der Waals surface area contributed by atoms with E-state index in [9.17, 15) is 5.11 Å². The molecule has 0 saturated carbocycles. The van der Waals surface area contributed by atoms with Gasteiger partial charge in [-0.25, -0.2) is 9.97 Å². The van der Waals surface area contributed by atoms with Gasteiger partial charge in [-0.05, 0) is 49.7 Å². The SMILES string of the molecule is Cc1ccc(Nc2nc(-c3ccccc3O)nc3ccccc23)c(C)c1. The number of benzene rings is 3. The van der Waals surface area contributed by atoms with E-state index < -0.39 is 0 Å². The summed E-state index contributed by atoms with van der Waals surface area (Å²) in [7, 11) is 0. The third kappa shape index (κ3) is 2.97. The lowest BCUT2D eigenvalue weighted by atomic mass is 10.1. The normalized spacial score (nSPS) is 10.8. The summed E-state index contributed by atoms with van der Waals surface area (Å²) in [4.78, 5) is 9.34. The van der Waals surface area contributed by atoms with E-state index in [0.29, 0.717) is 11.4 Å². The van der Waals surface area contributed by atoms with Crippen molar-refractivity contribution in [1.82, 2.24) is 9.97 Å². The van der Waals surface area contributed by atoms with Crippen molar-refractivity contribution in [3.63, 3.8) is 0 Å². The number of nitrogens with one attached hydrogen (secondary N) is 1. The second-order valence-corrected chi connectivity index (χ2v) is 6.37. The Kier molecular flexibility index (Phi) is 4.01. The van der Waals surface area contributed by atoms with E-state index in [1.54, 1.807) is 12.1 Å². The molecule has 2 N–H and O–H groups in total. The molecule has 1 heterocycles. The van der Waals surface area contributed by atoms with Crippen molar-refractivity contribution >= 4 is 22.4 Å². The zero-order valence-corrected chi connectivity index (χ0v) is 14.7. The zero-order valence-electron chi connectivity index (χ0n) is 14.7. The fraction of sp³-hybridized carbons (Fsp3) is 0.0909. The number of nitrogens with zero attached hydrogens (tertiary/aromatic N) is 2. The maximum atomic E-state index is 10.2. The van der Waals surface area contributed by atoms with Crippen molar-refractivity contribution in [3.8, 4) is 17.1 Å². The van der Waals surface area contributed by atoms with Gasteiger partial charge in [0, 0.05) is 11.1 Å². The Morgan fingerprint density at radius 2 is 1.62 bits per heavy atom. The molecule has 26 heavy (non-hydrogen) atoms. The number of phenols is 1. The molecule has 4 heteroatoms. The monoisotopic (exact) mass is 341 g/mol. The molecule has 4 aromatic rings. The number of aromatic hydroxyl groups is 1. The summed E-state index contributed by atoms with van der Waals surface area (Å²) in [6, 6.07) is 21.2. The minimum absolute atomic E-state index is 0.167. The molecule has 0 atom stereocenters. The van der Waals surface area contributed by atoms with Crippen molar-refractivity contribution in [2.75, 3.05) is 5.32 Å². The van der Waals surface area contributed by atoms with Gasteiger partial charge in [0.1, 0.15) is 11.6 Å². The molecule has 0 aliphatic rings. The molecule has 3 aromatic carbocycles. The van der Waals surface area contributed by atoms with Gasteiger partial charge in [0.25, 0.3) is 0 Å². The number of fused-ring (bicyclic) bond motifs is 1. The highest BCUT2D eigenvalue weighted by Crippen LogP contribution is 2.31. The van der Waals surface area contributed by atoms with Crippen LogP contribution in [0.15, 0.2) is 66.7 Å². The van der Waals surface area contributed by atoms with Gasteiger partial charge in [-0.3, -0.25) is 0 Å². The van der Waals surface area contributed by atoms with Gasteiger partial charge in [0.05, 0.1) is 11.1 Å². The fourth-order valence-electron chi connectivity index (χ4n) is 3.04. The smallest absolute Gasteiger partial charge is 0.165 e. The van der Waals surface area contributed by atoms with Crippen LogP contribution in [-0.2, 0) is 0 Å². The van der Waals surface area contributed by atoms with Crippen molar-refractivity contribution < 1.29 is 5.11 Å². The summed E-state index contributed by atoms with van der Waals surface area (Å²) in [6.07, 6.45) is 0. The van der Waals surface area contributed by atoms with Crippen LogP contribution in [0.4, 0.5) is 11.5 Å². The quantitative estimate of drug-likeness (QED) is 0.526. The van der Waals surface area contributed by atoms with Gasteiger partial charge >= 0.3 is 0 Å². The summed E-state index contributed by atoms with van der Waals surface area (Å²) >= 11 is 0. The molecule has 4 nitrogen and oxygen atoms in total. The summed E-state index contributed by atoms with van der Waals surface area (Å²) in [6.45, 7) is 4.15. The lowest BCUT2D eigenvalue weighted by molar-refractivity contribution is 0.477. The first-order chi connectivity index (χ1) is 12.6. The molecule has 0 spiro atoms. The van der Waals surface area contributed by atoms with E-state index in [1.807, 2.05) is 36.4 Å². The molecular weight excluding hydrogens is 322 g/mol. The lowest BCUT2D eigenvalue weighted by Gasteiger charge is -2.13. The van der Waals surface area contributed by atoms with Gasteiger partial charge < -0.3 is 10.4 Å². The molecule has 0 aliphatic carbocycles. The van der Waals surface area contributed by atoms with Crippen molar-refractivity contribution in [3.05, 3.63) is 77.9 Å². The average Bonchev–Trinajstić information content (AvgIpc) is 2.64. The molecule has 128 valence electrons. The van der Waals surface area contributed by atoms with Gasteiger partial charge in [0.2, 0.25) is 0 Å². The minimum atomic E-state index is 0.167. The number of hydrogen-bond acceptors (Lipinski definition) is 4. The first-order valence-electron chi connectivity index (χ1n) is 8.51. The second-order valence-electron chi connectivity index (χ2n) is 6.37. The Hall–Kier alpha value is -3.40. The number of rotatable bonds is 3. The van der Waals surface area contributed by atoms with E-state index in [2.05, 4.69) is 42.3 Å². The molecule has 0 aliphatic heterocycles. The third-order valence-electron chi connectivity index (χ3n) is 4.38. The van der Waals surface area contributed by atoms with Crippen LogP contribution in [0.5, 0.6) is 5.75 Å². The summed E-state index contributed by atoms with van der Waals surface area (Å²) in [5.41, 5.74) is 4.81. The van der Waals surface area contributed by atoms with E-state index in [4.69, 9.17) is 4.98 Å². The van der Waals surface area contributed by atoms with Gasteiger partial charge in [-0.1, -0.05) is 42.0 Å². The molecule has 0 saturated heterocycles. The van der Waals surface area contributed by atoms with Gasteiger partial charge in [0.15, 0.2) is 5.82 Å². The topological polar surface area (TPSA) is 58.0 Å². The van der Waals surface area contributed by atoms with E-state index in [0.717, 1.165) is 28.0 Å². The number of anilines is 2. The standard InChI is InChI=1S/C22H19N3O/c1-14-11-12-18(15(2)13-14)23-21-16-7-3-5-9-19(16)24-22(25-21)17-8-4-6-10-20(17)26/h3-13,26H,1-2H3,(H,23,24,25). The number of aromatic nitrogens is 2. The van der Waals surface area contributed by atoms with Crippen LogP contribution in [0.2, 0.25) is 0 Å². The Morgan fingerprint density at radius 1 is 0.846 bits per heavy atom. The predicted molar refractivity (Wildman–Crippen MR) is 106 cm³/mol. The van der Waals surface area contributed by atoms with Crippen molar-refractivity contribution in [1.29, 1.82) is 0 Å². The Bertz CT molecular complexity index is 1110. The highest BCUT2D eigenvalue weighted by molar-refractivity contribution is 5.92. The number of aryl methyl sites for hydroxylation is 2. The molecule has 0 amide bonds. The van der Waals surface area contributed by atoms with Crippen LogP contribution >= 0.6 is 0 Å². The molecule has 0 fully saturated rings. The maximum absolute atomic E-state index is 10.2. The number of hydrogen-bond donors (Lipinski definition) is 2. The molecule has 0 bridgehead atoms. The molecule has 4 rings (SSSR count). The number of para-hydroxylation sites is 2. The predicted octanol–water partition coefficient (Wildman–Crippen LogP) is 5.36. The first kappa shape index (κ1) is 16.1. The largest absolute Gasteiger partial charge is 0.507 e. The third-order valence-corrected chi connectivity index (χ3v) is 4.38. The number of phenolic OH excluding ortho intramolecular Hbond substituents is 1. The average molecular weight is 341 g/mol. The fourth-order valence-corrected chi connectivity index (χ4v) is 3.04. The second kappa shape index (κ2) is 6.48. The van der Waals surface area contributed by atoms with Gasteiger partial charge in [-0.15, -0.1) is 0 Å². The highest BCUT2D eigenvalue weighted by atomic mass is 16.3. The first-order valence-corrected chi connectivity index (χ1v) is 8.51. The van der Waals surface area contributed by atoms with Crippen molar-refractivity contribution in [2.45, 2.75) is 13.8 Å². The molecular formula is C22H19N3O. The maximum Gasteiger partial charge on any atom is 0.165 e. The summed E-state index contributed by atoms with van der Waals surface area (Å²) in [5, 5.41) is 14.6. The zero-order chi connectivity index (χ0) is 18.1. The molecule has 0 radical (unpaired) electrons. The Labute approximate surface area is 152 Å².